The van der Waals surface area contributed by atoms with Crippen molar-refractivity contribution in [1.29, 1.82) is 0 Å². The van der Waals surface area contributed by atoms with Crippen molar-refractivity contribution in [3.05, 3.63) is 51.5 Å². The van der Waals surface area contributed by atoms with Crippen LogP contribution in [0.3, 0.4) is 0 Å². The van der Waals surface area contributed by atoms with E-state index in [0.717, 1.165) is 18.7 Å². The molecule has 0 spiro atoms. The maximum Gasteiger partial charge on any atom is 0.0850 e. The molecule has 0 aliphatic carbocycles. The third-order valence-electron chi connectivity index (χ3n) is 3.09. The van der Waals surface area contributed by atoms with Gasteiger partial charge in [-0.2, -0.15) is 0 Å². The van der Waals surface area contributed by atoms with E-state index in [2.05, 4.69) is 48.6 Å². The quantitative estimate of drug-likeness (QED) is 0.883. The lowest BCUT2D eigenvalue weighted by Crippen LogP contribution is -2.24. The van der Waals surface area contributed by atoms with Crippen LogP contribution >= 0.6 is 11.3 Å². The molecule has 18 heavy (non-hydrogen) atoms. The van der Waals surface area contributed by atoms with Gasteiger partial charge in [0, 0.05) is 11.1 Å². The minimum Gasteiger partial charge on any atom is -0.304 e. The van der Waals surface area contributed by atoms with Crippen molar-refractivity contribution in [2.45, 2.75) is 33.2 Å². The normalized spacial score (nSPS) is 12.6. The number of pyridine rings is 1. The molecule has 0 fully saturated rings. The summed E-state index contributed by atoms with van der Waals surface area (Å²) in [5.41, 5.74) is 3.74. The molecule has 0 amide bonds. The van der Waals surface area contributed by atoms with E-state index in [9.17, 15) is 0 Å². The Labute approximate surface area is 113 Å². The average Bonchev–Trinajstić information content (AvgIpc) is 2.78. The summed E-state index contributed by atoms with van der Waals surface area (Å²) in [6, 6.07) is 6.54. The monoisotopic (exact) mass is 260 g/mol. The first-order valence-corrected chi connectivity index (χ1v) is 7.31. The average molecular weight is 260 g/mol. The van der Waals surface area contributed by atoms with Gasteiger partial charge in [-0.15, -0.1) is 11.3 Å². The van der Waals surface area contributed by atoms with Gasteiger partial charge in [0.1, 0.15) is 0 Å². The van der Waals surface area contributed by atoms with Crippen molar-refractivity contribution in [3.8, 4) is 0 Å². The maximum absolute atomic E-state index is 4.57. The van der Waals surface area contributed by atoms with Gasteiger partial charge < -0.3 is 5.32 Å². The van der Waals surface area contributed by atoms with Crippen LogP contribution in [0.15, 0.2) is 29.8 Å². The number of nitrogens with one attached hydrogen (secondary N) is 1. The van der Waals surface area contributed by atoms with Crippen molar-refractivity contribution in [1.82, 2.24) is 10.3 Å². The molecule has 2 heterocycles. The van der Waals surface area contributed by atoms with Crippen LogP contribution in [0.2, 0.25) is 0 Å². The summed E-state index contributed by atoms with van der Waals surface area (Å²) in [6.45, 7) is 7.51. The molecule has 2 aromatic heterocycles. The molecule has 1 unspecified atom stereocenters. The molecule has 0 aliphatic rings. The summed E-state index contributed by atoms with van der Waals surface area (Å²) < 4.78 is 0. The maximum atomic E-state index is 4.57. The second-order valence-corrected chi connectivity index (χ2v) is 5.51. The lowest BCUT2D eigenvalue weighted by Gasteiger charge is -2.19. The molecule has 1 atom stereocenters. The summed E-state index contributed by atoms with van der Waals surface area (Å²) in [6.07, 6.45) is 3.01. The van der Waals surface area contributed by atoms with Gasteiger partial charge in [-0.3, -0.25) is 4.98 Å². The molecule has 2 rings (SSSR count). The molecule has 2 nitrogen and oxygen atoms in total. The minimum absolute atomic E-state index is 0.228. The van der Waals surface area contributed by atoms with Crippen LogP contribution in [0.1, 0.15) is 41.1 Å². The fourth-order valence-corrected chi connectivity index (χ4v) is 3.09. The number of thiophene rings is 1. The van der Waals surface area contributed by atoms with Crippen LogP contribution in [0, 0.1) is 13.8 Å². The van der Waals surface area contributed by atoms with E-state index in [0.29, 0.717) is 0 Å². The van der Waals surface area contributed by atoms with E-state index >= 15 is 0 Å². The van der Waals surface area contributed by atoms with Crippen LogP contribution in [0.4, 0.5) is 0 Å². The van der Waals surface area contributed by atoms with Crippen LogP contribution in [-0.4, -0.2) is 11.5 Å². The number of hydrogen-bond acceptors (Lipinski definition) is 3. The van der Waals surface area contributed by atoms with Crippen LogP contribution in [-0.2, 0) is 0 Å². The van der Waals surface area contributed by atoms with Crippen molar-refractivity contribution >= 4 is 11.3 Å². The lowest BCUT2D eigenvalue weighted by atomic mass is 10.0. The first-order chi connectivity index (χ1) is 8.74. The molecule has 1 N–H and O–H groups in total. The Kier molecular flexibility index (Phi) is 4.50. The fraction of sp³-hybridized carbons (Fsp3) is 0.400. The van der Waals surface area contributed by atoms with Gasteiger partial charge >= 0.3 is 0 Å². The largest absolute Gasteiger partial charge is 0.304 e. The summed E-state index contributed by atoms with van der Waals surface area (Å²) in [5.74, 6) is 0. The van der Waals surface area contributed by atoms with E-state index in [4.69, 9.17) is 0 Å². The lowest BCUT2D eigenvalue weighted by molar-refractivity contribution is 0.589. The summed E-state index contributed by atoms with van der Waals surface area (Å²) >= 11 is 1.81. The summed E-state index contributed by atoms with van der Waals surface area (Å²) in [4.78, 5) is 5.95. The van der Waals surface area contributed by atoms with Gasteiger partial charge in [0.25, 0.3) is 0 Å². The zero-order valence-electron chi connectivity index (χ0n) is 11.2. The van der Waals surface area contributed by atoms with Crippen LogP contribution in [0.5, 0.6) is 0 Å². The molecular weight excluding hydrogens is 240 g/mol. The predicted octanol–water partition coefficient (Wildman–Crippen LogP) is 3.85. The van der Waals surface area contributed by atoms with Gasteiger partial charge in [0.05, 0.1) is 11.7 Å². The van der Waals surface area contributed by atoms with E-state index in [1.54, 1.807) is 0 Å². The zero-order valence-corrected chi connectivity index (χ0v) is 12.1. The van der Waals surface area contributed by atoms with Gasteiger partial charge in [0.2, 0.25) is 0 Å². The number of hydrogen-bond donors (Lipinski definition) is 1. The van der Waals surface area contributed by atoms with E-state index in [-0.39, 0.29) is 6.04 Å². The van der Waals surface area contributed by atoms with Gasteiger partial charge in [-0.1, -0.05) is 13.0 Å². The Bertz CT molecular complexity index is 505. The summed E-state index contributed by atoms with van der Waals surface area (Å²) in [7, 11) is 0. The Hall–Kier alpha value is -1.19. The Morgan fingerprint density at radius 1 is 1.28 bits per heavy atom. The van der Waals surface area contributed by atoms with Crippen LogP contribution in [0.25, 0.3) is 0 Å². The smallest absolute Gasteiger partial charge is 0.0850 e. The number of nitrogens with zero attached hydrogens (tertiary/aromatic N) is 1. The number of rotatable bonds is 5. The molecular formula is C15H20N2S. The van der Waals surface area contributed by atoms with Crippen molar-refractivity contribution in [3.63, 3.8) is 0 Å². The van der Waals surface area contributed by atoms with E-state index in [1.165, 1.54) is 16.0 Å². The Morgan fingerprint density at radius 3 is 2.72 bits per heavy atom. The molecule has 0 aliphatic heterocycles. The summed E-state index contributed by atoms with van der Waals surface area (Å²) in [5, 5.41) is 5.77. The highest BCUT2D eigenvalue weighted by atomic mass is 32.1. The Balaban J connectivity index is 2.37. The molecule has 0 saturated carbocycles. The molecule has 96 valence electrons. The second kappa shape index (κ2) is 6.12. The first kappa shape index (κ1) is 13.2. The fourth-order valence-electron chi connectivity index (χ4n) is 2.08. The Morgan fingerprint density at radius 2 is 2.11 bits per heavy atom. The van der Waals surface area contributed by atoms with Crippen LogP contribution < -0.4 is 5.32 Å². The first-order valence-electron chi connectivity index (χ1n) is 6.43. The molecule has 2 aromatic rings. The third-order valence-corrected chi connectivity index (χ3v) is 4.17. The van der Waals surface area contributed by atoms with Crippen molar-refractivity contribution in [2.24, 2.45) is 0 Å². The molecule has 0 saturated heterocycles. The second-order valence-electron chi connectivity index (χ2n) is 4.56. The third kappa shape index (κ3) is 2.79. The molecule has 0 bridgehead atoms. The topological polar surface area (TPSA) is 24.9 Å². The minimum atomic E-state index is 0.228. The SMILES string of the molecule is CCCNC(c1ncccc1C)c1sccc1C. The number of aromatic nitrogens is 1. The highest BCUT2D eigenvalue weighted by molar-refractivity contribution is 7.10. The van der Waals surface area contributed by atoms with Gasteiger partial charge in [-0.25, -0.2) is 0 Å². The van der Waals surface area contributed by atoms with E-state index < -0.39 is 0 Å². The zero-order chi connectivity index (χ0) is 13.0. The number of aryl methyl sites for hydroxylation is 2. The van der Waals surface area contributed by atoms with Crippen molar-refractivity contribution < 1.29 is 0 Å². The van der Waals surface area contributed by atoms with Gasteiger partial charge in [-0.05, 0) is 55.5 Å². The van der Waals surface area contributed by atoms with E-state index in [1.807, 2.05) is 23.6 Å². The predicted molar refractivity (Wildman–Crippen MR) is 78.2 cm³/mol. The molecule has 0 aromatic carbocycles. The standard InChI is InChI=1S/C15H20N2S/c1-4-8-16-14(15-12(3)7-10-18-15)13-11(2)6-5-9-17-13/h5-7,9-10,14,16H,4,8H2,1-3H3. The van der Waals surface area contributed by atoms with Gasteiger partial charge in [0.15, 0.2) is 0 Å². The van der Waals surface area contributed by atoms with Crippen molar-refractivity contribution in [2.75, 3.05) is 6.54 Å². The molecule has 3 heteroatoms. The molecule has 0 radical (unpaired) electrons. The highest BCUT2D eigenvalue weighted by Gasteiger charge is 2.19. The highest BCUT2D eigenvalue weighted by Crippen LogP contribution is 2.29.